The molecule has 1 rings (SSSR count). The first-order valence-electron chi connectivity index (χ1n) is 7.05. The minimum Gasteiger partial charge on any atom is -0.383 e. The fourth-order valence-corrected chi connectivity index (χ4v) is 2.27. The van der Waals surface area contributed by atoms with E-state index < -0.39 is 0 Å². The first-order valence-corrected chi connectivity index (χ1v) is 7.43. The highest BCUT2D eigenvalue weighted by Gasteiger charge is 2.12. The van der Waals surface area contributed by atoms with Crippen LogP contribution in [0, 0.1) is 12.8 Å². The van der Waals surface area contributed by atoms with Crippen LogP contribution in [-0.4, -0.2) is 35.4 Å². The van der Waals surface area contributed by atoms with Gasteiger partial charge in [-0.2, -0.15) is 5.10 Å². The third-order valence-corrected chi connectivity index (χ3v) is 3.25. The fourth-order valence-electron chi connectivity index (χ4n) is 1.97. The van der Waals surface area contributed by atoms with Gasteiger partial charge in [0.15, 0.2) is 0 Å². The van der Waals surface area contributed by atoms with Crippen LogP contribution in [0.3, 0.4) is 0 Å². The van der Waals surface area contributed by atoms with Crippen molar-refractivity contribution in [1.82, 2.24) is 15.1 Å². The molecule has 1 N–H and O–H groups in total. The van der Waals surface area contributed by atoms with E-state index in [2.05, 4.69) is 24.3 Å². The number of carbonyl (C=O) groups is 1. The SMILES string of the molecule is COCC(C)NC(=O)C=Cc1c(C)nn(CC(C)C)c1Cl. The van der Waals surface area contributed by atoms with Crippen molar-refractivity contribution in [3.63, 3.8) is 0 Å². The number of aromatic nitrogens is 2. The lowest BCUT2D eigenvalue weighted by molar-refractivity contribution is -0.117. The van der Waals surface area contributed by atoms with Crippen molar-refractivity contribution < 1.29 is 9.53 Å². The predicted octanol–water partition coefficient (Wildman–Crippen LogP) is 2.67. The van der Waals surface area contributed by atoms with Crippen molar-refractivity contribution in [3.05, 3.63) is 22.5 Å². The molecule has 1 heterocycles. The molecule has 1 unspecified atom stereocenters. The number of hydrogen-bond acceptors (Lipinski definition) is 3. The number of ether oxygens (including phenoxy) is 1. The molecule has 1 aromatic rings. The molecule has 1 aromatic heterocycles. The summed E-state index contributed by atoms with van der Waals surface area (Å²) in [5, 5.41) is 7.77. The molecule has 0 saturated carbocycles. The quantitative estimate of drug-likeness (QED) is 0.787. The first-order chi connectivity index (χ1) is 9.85. The summed E-state index contributed by atoms with van der Waals surface area (Å²) in [6, 6.07) is -0.0348. The number of amides is 1. The minimum atomic E-state index is -0.174. The van der Waals surface area contributed by atoms with E-state index in [-0.39, 0.29) is 11.9 Å². The van der Waals surface area contributed by atoms with Crippen LogP contribution in [0.15, 0.2) is 6.08 Å². The van der Waals surface area contributed by atoms with Gasteiger partial charge < -0.3 is 10.1 Å². The molecule has 0 bridgehead atoms. The molecular weight excluding hydrogens is 290 g/mol. The van der Waals surface area contributed by atoms with E-state index in [0.717, 1.165) is 17.8 Å². The molecule has 1 atom stereocenters. The maximum atomic E-state index is 11.8. The Hall–Kier alpha value is -1.33. The van der Waals surface area contributed by atoms with Gasteiger partial charge in [0.1, 0.15) is 5.15 Å². The lowest BCUT2D eigenvalue weighted by atomic mass is 10.2. The Morgan fingerprint density at radius 1 is 1.48 bits per heavy atom. The number of methoxy groups -OCH3 is 1. The average molecular weight is 314 g/mol. The maximum Gasteiger partial charge on any atom is 0.244 e. The van der Waals surface area contributed by atoms with Crippen molar-refractivity contribution >= 4 is 23.6 Å². The van der Waals surface area contributed by atoms with Crippen molar-refractivity contribution in [2.45, 2.75) is 40.3 Å². The zero-order valence-electron chi connectivity index (χ0n) is 13.3. The van der Waals surface area contributed by atoms with E-state index in [9.17, 15) is 4.79 Å². The van der Waals surface area contributed by atoms with Crippen molar-refractivity contribution in [1.29, 1.82) is 0 Å². The number of hydrogen-bond donors (Lipinski definition) is 1. The van der Waals surface area contributed by atoms with Gasteiger partial charge in [0.05, 0.1) is 12.3 Å². The Morgan fingerprint density at radius 3 is 2.71 bits per heavy atom. The summed E-state index contributed by atoms with van der Waals surface area (Å²) < 4.78 is 6.74. The van der Waals surface area contributed by atoms with Crippen LogP contribution in [-0.2, 0) is 16.1 Å². The van der Waals surface area contributed by atoms with Gasteiger partial charge >= 0.3 is 0 Å². The number of rotatable bonds is 7. The second-order valence-electron chi connectivity index (χ2n) is 5.56. The molecule has 118 valence electrons. The van der Waals surface area contributed by atoms with E-state index in [1.165, 1.54) is 6.08 Å². The number of carbonyl (C=O) groups excluding carboxylic acids is 1. The van der Waals surface area contributed by atoms with Gasteiger partial charge in [0.25, 0.3) is 0 Å². The summed E-state index contributed by atoms with van der Waals surface area (Å²) >= 11 is 6.31. The van der Waals surface area contributed by atoms with E-state index in [0.29, 0.717) is 17.7 Å². The number of aryl methyl sites for hydroxylation is 1. The summed E-state index contributed by atoms with van der Waals surface area (Å²) in [6.45, 7) is 9.21. The predicted molar refractivity (Wildman–Crippen MR) is 85.3 cm³/mol. The van der Waals surface area contributed by atoms with E-state index >= 15 is 0 Å². The molecule has 0 spiro atoms. The highest BCUT2D eigenvalue weighted by molar-refractivity contribution is 6.31. The molecule has 21 heavy (non-hydrogen) atoms. The Labute approximate surface area is 131 Å². The zero-order chi connectivity index (χ0) is 16.0. The van der Waals surface area contributed by atoms with Crippen LogP contribution in [0.4, 0.5) is 0 Å². The monoisotopic (exact) mass is 313 g/mol. The lowest BCUT2D eigenvalue weighted by Gasteiger charge is -2.10. The molecule has 0 aliphatic heterocycles. The van der Waals surface area contributed by atoms with Gasteiger partial charge in [-0.05, 0) is 25.8 Å². The number of nitrogens with zero attached hydrogens (tertiary/aromatic N) is 2. The molecule has 0 aliphatic rings. The van der Waals surface area contributed by atoms with Crippen LogP contribution >= 0.6 is 11.6 Å². The van der Waals surface area contributed by atoms with E-state index in [1.807, 2.05) is 13.8 Å². The molecule has 0 aliphatic carbocycles. The first kappa shape index (κ1) is 17.7. The van der Waals surface area contributed by atoms with Crippen molar-refractivity contribution in [3.8, 4) is 0 Å². The minimum absolute atomic E-state index is 0.0348. The third kappa shape index (κ3) is 5.52. The standard InChI is InChI=1S/C15H24ClN3O2/c1-10(2)8-19-15(16)13(12(4)18-19)6-7-14(20)17-11(3)9-21-5/h6-7,10-11H,8-9H2,1-5H3,(H,17,20). The Balaban J connectivity index is 2.76. The molecule has 0 aromatic carbocycles. The smallest absolute Gasteiger partial charge is 0.244 e. The van der Waals surface area contributed by atoms with Crippen LogP contribution in [0.5, 0.6) is 0 Å². The fraction of sp³-hybridized carbons (Fsp3) is 0.600. The normalized spacial score (nSPS) is 13.1. The summed E-state index contributed by atoms with van der Waals surface area (Å²) in [4.78, 5) is 11.8. The number of nitrogens with one attached hydrogen (secondary N) is 1. The second-order valence-corrected chi connectivity index (χ2v) is 5.92. The van der Waals surface area contributed by atoms with E-state index in [4.69, 9.17) is 16.3 Å². The maximum absolute atomic E-state index is 11.8. The van der Waals surface area contributed by atoms with E-state index in [1.54, 1.807) is 17.9 Å². The molecule has 0 radical (unpaired) electrons. The molecule has 0 saturated heterocycles. The van der Waals surface area contributed by atoms with Crippen molar-refractivity contribution in [2.24, 2.45) is 5.92 Å². The molecule has 0 fully saturated rings. The van der Waals surface area contributed by atoms with Crippen LogP contribution in [0.2, 0.25) is 5.15 Å². The van der Waals surface area contributed by atoms with Crippen LogP contribution in [0.25, 0.3) is 6.08 Å². The third-order valence-electron chi connectivity index (χ3n) is 2.85. The number of halogens is 1. The Kier molecular flexibility index (Phi) is 6.92. The molecule has 6 heteroatoms. The van der Waals surface area contributed by atoms with Gasteiger partial charge in [0, 0.05) is 31.3 Å². The summed E-state index contributed by atoms with van der Waals surface area (Å²) in [5.41, 5.74) is 1.60. The highest BCUT2D eigenvalue weighted by Crippen LogP contribution is 2.22. The van der Waals surface area contributed by atoms with Crippen molar-refractivity contribution in [2.75, 3.05) is 13.7 Å². The van der Waals surface area contributed by atoms with Crippen LogP contribution in [0.1, 0.15) is 32.0 Å². The van der Waals surface area contributed by atoms with Gasteiger partial charge in [-0.15, -0.1) is 0 Å². The zero-order valence-corrected chi connectivity index (χ0v) is 14.1. The van der Waals surface area contributed by atoms with Gasteiger partial charge in [-0.25, -0.2) is 0 Å². The summed E-state index contributed by atoms with van der Waals surface area (Å²) in [5.74, 6) is 0.281. The topological polar surface area (TPSA) is 56.1 Å². The lowest BCUT2D eigenvalue weighted by Crippen LogP contribution is -2.34. The molecule has 1 amide bonds. The summed E-state index contributed by atoms with van der Waals surface area (Å²) in [6.07, 6.45) is 3.18. The highest BCUT2D eigenvalue weighted by atomic mass is 35.5. The van der Waals surface area contributed by atoms with Gasteiger partial charge in [0.2, 0.25) is 5.91 Å². The largest absolute Gasteiger partial charge is 0.383 e. The Morgan fingerprint density at radius 2 is 2.14 bits per heavy atom. The van der Waals surface area contributed by atoms with Crippen LogP contribution < -0.4 is 5.32 Å². The van der Waals surface area contributed by atoms with Gasteiger partial charge in [-0.3, -0.25) is 9.48 Å². The molecule has 5 nitrogen and oxygen atoms in total. The second kappa shape index (κ2) is 8.20. The van der Waals surface area contributed by atoms with Gasteiger partial charge in [-0.1, -0.05) is 25.4 Å². The molecular formula is C15H24ClN3O2. The Bertz CT molecular complexity index is 509. The summed E-state index contributed by atoms with van der Waals surface area (Å²) in [7, 11) is 1.60. The average Bonchev–Trinajstić information content (AvgIpc) is 2.61.